The number of hydrogen-bond acceptors (Lipinski definition) is 4. The smallest absolute Gasteiger partial charge is 0.0742 e. The minimum atomic E-state index is 0.158. The van der Waals surface area contributed by atoms with Crippen molar-refractivity contribution in [2.24, 2.45) is 5.73 Å². The lowest BCUT2D eigenvalue weighted by Crippen LogP contribution is -2.24. The summed E-state index contributed by atoms with van der Waals surface area (Å²) in [5.74, 6) is 0. The molecule has 1 atom stereocenters. The minimum Gasteiger partial charge on any atom is -0.399 e. The summed E-state index contributed by atoms with van der Waals surface area (Å²) in [6.45, 7) is 0. The van der Waals surface area contributed by atoms with E-state index in [-0.39, 0.29) is 6.04 Å². The van der Waals surface area contributed by atoms with Gasteiger partial charge in [0.05, 0.1) is 17.4 Å². The Labute approximate surface area is 111 Å². The predicted octanol–water partition coefficient (Wildman–Crippen LogP) is 1.67. The van der Waals surface area contributed by atoms with E-state index in [2.05, 4.69) is 22.8 Å². The van der Waals surface area contributed by atoms with Crippen LogP contribution in [0.25, 0.3) is 6.08 Å². The zero-order chi connectivity index (χ0) is 13.0. The molecular formula is C15H14N4. The lowest BCUT2D eigenvalue weighted by molar-refractivity contribution is 0.815. The molecule has 0 saturated carbocycles. The van der Waals surface area contributed by atoms with Gasteiger partial charge in [-0.2, -0.15) is 0 Å². The Morgan fingerprint density at radius 2 is 2.00 bits per heavy atom. The second-order valence-electron chi connectivity index (χ2n) is 4.98. The summed E-state index contributed by atoms with van der Waals surface area (Å²) in [7, 11) is 0. The molecule has 4 rings (SSSR count). The molecule has 0 aromatic heterocycles. The molecule has 3 aliphatic rings. The number of anilines is 2. The number of hydrogen-bond donors (Lipinski definition) is 4. The topological polar surface area (TPSA) is 76.1 Å². The van der Waals surface area contributed by atoms with Crippen LogP contribution in [0, 0.1) is 0 Å². The molecule has 0 saturated heterocycles. The molecule has 94 valence electrons. The molecule has 0 bridgehead atoms. The summed E-state index contributed by atoms with van der Waals surface area (Å²) in [5, 5.41) is 6.93. The molecule has 1 aromatic rings. The van der Waals surface area contributed by atoms with Crippen molar-refractivity contribution in [1.29, 1.82) is 0 Å². The van der Waals surface area contributed by atoms with Crippen LogP contribution in [-0.2, 0) is 0 Å². The van der Waals surface area contributed by atoms with Gasteiger partial charge in [-0.3, -0.25) is 0 Å². The summed E-state index contributed by atoms with van der Waals surface area (Å²) >= 11 is 0. The van der Waals surface area contributed by atoms with E-state index in [1.165, 1.54) is 5.57 Å². The normalized spacial score (nSPS) is 22.6. The molecule has 0 spiro atoms. The molecule has 1 aliphatic carbocycles. The number of nitrogen functional groups attached to an aromatic ring is 1. The Balaban J connectivity index is 1.85. The molecule has 6 N–H and O–H groups in total. The zero-order valence-corrected chi connectivity index (χ0v) is 10.3. The van der Waals surface area contributed by atoms with E-state index in [1.54, 1.807) is 0 Å². The zero-order valence-electron chi connectivity index (χ0n) is 10.3. The monoisotopic (exact) mass is 250 g/mol. The lowest BCUT2D eigenvalue weighted by Gasteiger charge is -2.19. The third kappa shape index (κ3) is 1.46. The van der Waals surface area contributed by atoms with Crippen LogP contribution in [-0.4, -0.2) is 6.04 Å². The van der Waals surface area contributed by atoms with Gasteiger partial charge < -0.3 is 22.1 Å². The summed E-state index contributed by atoms with van der Waals surface area (Å²) in [5.41, 5.74) is 18.9. The molecule has 4 heteroatoms. The average Bonchev–Trinajstić information content (AvgIpc) is 2.72. The van der Waals surface area contributed by atoms with Gasteiger partial charge in [0.1, 0.15) is 0 Å². The Hall–Kier alpha value is -2.62. The van der Waals surface area contributed by atoms with Crippen molar-refractivity contribution in [3.05, 3.63) is 64.7 Å². The van der Waals surface area contributed by atoms with Crippen LogP contribution in [0.4, 0.5) is 11.4 Å². The first-order valence-corrected chi connectivity index (χ1v) is 6.25. The maximum absolute atomic E-state index is 5.84. The summed E-state index contributed by atoms with van der Waals surface area (Å²) in [4.78, 5) is 0. The van der Waals surface area contributed by atoms with Gasteiger partial charge in [0.15, 0.2) is 0 Å². The third-order valence-corrected chi connectivity index (χ3v) is 3.66. The molecular weight excluding hydrogens is 236 g/mol. The van der Waals surface area contributed by atoms with E-state index in [0.717, 1.165) is 34.0 Å². The molecule has 2 aliphatic heterocycles. The second-order valence-corrected chi connectivity index (χ2v) is 4.98. The largest absolute Gasteiger partial charge is 0.399 e. The fourth-order valence-electron chi connectivity index (χ4n) is 2.73. The maximum Gasteiger partial charge on any atom is 0.0742 e. The van der Waals surface area contributed by atoms with Crippen LogP contribution in [0.5, 0.6) is 0 Å². The molecule has 0 amide bonds. The Morgan fingerprint density at radius 1 is 1.11 bits per heavy atom. The number of fused-ring (bicyclic) bond motifs is 3. The molecule has 2 heterocycles. The fourth-order valence-corrected chi connectivity index (χ4v) is 2.73. The fraction of sp³-hybridized carbons (Fsp3) is 0.0667. The Morgan fingerprint density at radius 3 is 2.89 bits per heavy atom. The minimum absolute atomic E-state index is 0.158. The van der Waals surface area contributed by atoms with Gasteiger partial charge in [0.2, 0.25) is 0 Å². The van der Waals surface area contributed by atoms with Gasteiger partial charge in [-0.25, -0.2) is 0 Å². The highest BCUT2D eigenvalue weighted by Crippen LogP contribution is 2.37. The standard InChI is InChI=1S/C15H14N4/c16-9-2-1-8-5-14-15(19-12(8)6-9)11-4-3-10(17)7-13(11)18-14/h1-7,13,18-19H,16-17H2. The number of rotatable bonds is 0. The first-order valence-electron chi connectivity index (χ1n) is 6.25. The highest BCUT2D eigenvalue weighted by Gasteiger charge is 2.30. The predicted molar refractivity (Wildman–Crippen MR) is 77.8 cm³/mol. The van der Waals surface area contributed by atoms with E-state index >= 15 is 0 Å². The number of nitrogens with two attached hydrogens (primary N) is 2. The SMILES string of the molecule is NC1=CC2NC3=Cc4ccc(N)cc4NC3=C2C=C1. The van der Waals surface area contributed by atoms with E-state index in [0.29, 0.717) is 0 Å². The summed E-state index contributed by atoms with van der Waals surface area (Å²) < 4.78 is 0. The van der Waals surface area contributed by atoms with Crippen LogP contribution in [0.1, 0.15) is 5.56 Å². The summed E-state index contributed by atoms with van der Waals surface area (Å²) in [6.07, 6.45) is 8.17. The van der Waals surface area contributed by atoms with Crippen molar-refractivity contribution in [2.75, 3.05) is 11.1 Å². The van der Waals surface area contributed by atoms with Crippen LogP contribution < -0.4 is 22.1 Å². The quantitative estimate of drug-likeness (QED) is 0.528. The Bertz CT molecular complexity index is 707. The van der Waals surface area contributed by atoms with Crippen LogP contribution in [0.2, 0.25) is 0 Å². The van der Waals surface area contributed by atoms with Gasteiger partial charge in [0, 0.05) is 28.2 Å². The molecule has 19 heavy (non-hydrogen) atoms. The van der Waals surface area contributed by atoms with Gasteiger partial charge in [-0.1, -0.05) is 12.1 Å². The lowest BCUT2D eigenvalue weighted by atomic mass is 9.99. The molecule has 1 aromatic carbocycles. The van der Waals surface area contributed by atoms with Gasteiger partial charge in [-0.05, 0) is 30.4 Å². The van der Waals surface area contributed by atoms with E-state index < -0.39 is 0 Å². The van der Waals surface area contributed by atoms with Gasteiger partial charge >= 0.3 is 0 Å². The van der Waals surface area contributed by atoms with Crippen molar-refractivity contribution in [3.8, 4) is 0 Å². The molecule has 0 fully saturated rings. The Kier molecular flexibility index (Phi) is 1.87. The van der Waals surface area contributed by atoms with Crippen molar-refractivity contribution in [3.63, 3.8) is 0 Å². The van der Waals surface area contributed by atoms with Crippen LogP contribution in [0.15, 0.2) is 59.1 Å². The van der Waals surface area contributed by atoms with Crippen molar-refractivity contribution < 1.29 is 0 Å². The van der Waals surface area contributed by atoms with Crippen LogP contribution >= 0.6 is 0 Å². The second kappa shape index (κ2) is 3.45. The van der Waals surface area contributed by atoms with Crippen molar-refractivity contribution >= 4 is 17.5 Å². The maximum atomic E-state index is 5.84. The molecule has 1 unspecified atom stereocenters. The molecule has 4 nitrogen and oxygen atoms in total. The van der Waals surface area contributed by atoms with Crippen molar-refractivity contribution in [1.82, 2.24) is 5.32 Å². The van der Waals surface area contributed by atoms with E-state index in [1.807, 2.05) is 30.4 Å². The van der Waals surface area contributed by atoms with Crippen molar-refractivity contribution in [2.45, 2.75) is 6.04 Å². The average molecular weight is 250 g/mol. The number of allylic oxidation sites excluding steroid dienone is 1. The first kappa shape index (κ1) is 10.3. The van der Waals surface area contributed by atoms with Crippen LogP contribution in [0.3, 0.4) is 0 Å². The van der Waals surface area contributed by atoms with Gasteiger partial charge in [0.25, 0.3) is 0 Å². The van der Waals surface area contributed by atoms with E-state index in [4.69, 9.17) is 11.5 Å². The highest BCUT2D eigenvalue weighted by atomic mass is 15.1. The first-order chi connectivity index (χ1) is 9.20. The highest BCUT2D eigenvalue weighted by molar-refractivity contribution is 5.82. The third-order valence-electron chi connectivity index (χ3n) is 3.66. The number of benzene rings is 1. The van der Waals surface area contributed by atoms with E-state index in [9.17, 15) is 0 Å². The summed E-state index contributed by atoms with van der Waals surface area (Å²) in [6, 6.07) is 6.05. The molecule has 0 radical (unpaired) electrons. The number of nitrogens with one attached hydrogen (secondary N) is 2. The van der Waals surface area contributed by atoms with Gasteiger partial charge in [-0.15, -0.1) is 0 Å².